The summed E-state index contributed by atoms with van der Waals surface area (Å²) < 4.78 is 0. The molecule has 3 aromatic heterocycles. The molecule has 1 saturated heterocycles. The van der Waals surface area contributed by atoms with Crippen LogP contribution in [0.2, 0.25) is 0 Å². The molecule has 0 N–H and O–H groups in total. The number of fused-ring (bicyclic) bond motifs is 1. The number of hydrogen-bond donors (Lipinski definition) is 0. The summed E-state index contributed by atoms with van der Waals surface area (Å²) in [5.41, 5.74) is 1.20. The Hall–Kier alpha value is -1.57. The molecule has 0 unspecified atom stereocenters. The molecule has 5 nitrogen and oxygen atoms in total. The van der Waals surface area contributed by atoms with Gasteiger partial charge in [0, 0.05) is 43.0 Å². The lowest BCUT2D eigenvalue weighted by Crippen LogP contribution is -2.46. The smallest absolute Gasteiger partial charge is 0.140 e. The fraction of sp³-hybridized carbons (Fsp3) is 0.471. The summed E-state index contributed by atoms with van der Waals surface area (Å²) in [5.74, 6) is 1.10. The van der Waals surface area contributed by atoms with E-state index in [9.17, 15) is 0 Å². The molecule has 24 heavy (non-hydrogen) atoms. The van der Waals surface area contributed by atoms with Crippen LogP contribution in [0, 0.1) is 6.92 Å². The number of nitrogens with zero attached hydrogens (tertiary/aromatic N) is 5. The van der Waals surface area contributed by atoms with Gasteiger partial charge in [-0.3, -0.25) is 4.90 Å². The third-order valence-electron chi connectivity index (χ3n) is 4.43. The Morgan fingerprint density at radius 1 is 1.17 bits per heavy atom. The Morgan fingerprint density at radius 3 is 2.71 bits per heavy atom. The quantitative estimate of drug-likeness (QED) is 0.715. The van der Waals surface area contributed by atoms with Crippen LogP contribution in [0.4, 0.5) is 5.82 Å². The van der Waals surface area contributed by atoms with E-state index in [-0.39, 0.29) is 0 Å². The van der Waals surface area contributed by atoms with E-state index in [4.69, 9.17) is 0 Å². The highest BCUT2D eigenvalue weighted by molar-refractivity contribution is 7.18. The van der Waals surface area contributed by atoms with Crippen LogP contribution in [0.3, 0.4) is 0 Å². The molecule has 3 aromatic rings. The Bertz CT molecular complexity index is 832. The summed E-state index contributed by atoms with van der Waals surface area (Å²) in [5, 5.41) is 4.53. The van der Waals surface area contributed by atoms with Gasteiger partial charge >= 0.3 is 0 Å². The molecule has 0 aromatic carbocycles. The van der Waals surface area contributed by atoms with E-state index in [2.05, 4.69) is 50.0 Å². The van der Waals surface area contributed by atoms with Crippen molar-refractivity contribution in [3.05, 3.63) is 33.4 Å². The Kier molecular flexibility index (Phi) is 4.47. The number of aryl methyl sites for hydroxylation is 2. The molecular weight excluding hydrogens is 338 g/mol. The molecule has 0 aliphatic carbocycles. The van der Waals surface area contributed by atoms with E-state index >= 15 is 0 Å². The van der Waals surface area contributed by atoms with Crippen LogP contribution in [-0.4, -0.2) is 46.0 Å². The lowest BCUT2D eigenvalue weighted by Gasteiger charge is -2.35. The SMILES string of the molecule is CCc1cc2c(N3CCN(Cc4csc(C)n4)CC3)ncnc2s1. The summed E-state index contributed by atoms with van der Waals surface area (Å²) >= 11 is 3.52. The van der Waals surface area contributed by atoms with Crippen molar-refractivity contribution < 1.29 is 0 Å². The molecule has 1 aliphatic rings. The molecule has 4 heterocycles. The van der Waals surface area contributed by atoms with Crippen molar-refractivity contribution in [1.29, 1.82) is 0 Å². The number of anilines is 1. The molecule has 7 heteroatoms. The number of rotatable bonds is 4. The van der Waals surface area contributed by atoms with Gasteiger partial charge in [-0.1, -0.05) is 6.92 Å². The van der Waals surface area contributed by atoms with Gasteiger partial charge in [0.05, 0.1) is 16.1 Å². The number of piperazine rings is 1. The lowest BCUT2D eigenvalue weighted by atomic mass is 10.2. The molecular formula is C17H21N5S2. The second-order valence-corrected chi connectivity index (χ2v) is 8.28. The topological polar surface area (TPSA) is 45.2 Å². The first kappa shape index (κ1) is 15.9. The average Bonchev–Trinajstić information content (AvgIpc) is 3.21. The van der Waals surface area contributed by atoms with Crippen molar-refractivity contribution in [2.24, 2.45) is 0 Å². The minimum Gasteiger partial charge on any atom is -0.353 e. The van der Waals surface area contributed by atoms with E-state index < -0.39 is 0 Å². The van der Waals surface area contributed by atoms with Crippen molar-refractivity contribution in [2.45, 2.75) is 26.8 Å². The first-order valence-electron chi connectivity index (χ1n) is 8.34. The van der Waals surface area contributed by atoms with Gasteiger partial charge in [0.25, 0.3) is 0 Å². The number of hydrogen-bond acceptors (Lipinski definition) is 7. The molecule has 0 saturated carbocycles. The molecule has 126 valence electrons. The maximum Gasteiger partial charge on any atom is 0.140 e. The van der Waals surface area contributed by atoms with E-state index in [1.807, 2.05) is 0 Å². The van der Waals surface area contributed by atoms with E-state index in [1.165, 1.54) is 16.0 Å². The third-order valence-corrected chi connectivity index (χ3v) is 6.44. The van der Waals surface area contributed by atoms with Crippen LogP contribution in [0.15, 0.2) is 17.8 Å². The van der Waals surface area contributed by atoms with E-state index in [1.54, 1.807) is 29.0 Å². The Balaban J connectivity index is 1.46. The molecule has 0 spiro atoms. The summed E-state index contributed by atoms with van der Waals surface area (Å²) in [6, 6.07) is 2.26. The van der Waals surface area contributed by atoms with Crippen molar-refractivity contribution in [3.63, 3.8) is 0 Å². The zero-order valence-corrected chi connectivity index (χ0v) is 15.7. The molecule has 1 aliphatic heterocycles. The van der Waals surface area contributed by atoms with Crippen LogP contribution in [0.5, 0.6) is 0 Å². The summed E-state index contributed by atoms with van der Waals surface area (Å²) in [4.78, 5) is 21.0. The van der Waals surface area contributed by atoms with E-state index in [0.717, 1.165) is 54.8 Å². The molecule has 4 rings (SSSR count). The minimum absolute atomic E-state index is 0.954. The van der Waals surface area contributed by atoms with Crippen LogP contribution in [0.1, 0.15) is 22.5 Å². The molecule has 0 radical (unpaired) electrons. The standard InChI is InChI=1S/C17H21N5S2/c1-3-14-8-15-16(18-11-19-17(15)24-14)22-6-4-21(5-7-22)9-13-10-23-12(2)20-13/h8,10-11H,3-7,9H2,1-2H3. The predicted octanol–water partition coefficient (Wildman–Crippen LogP) is 3.34. The molecule has 0 atom stereocenters. The number of thiazole rings is 1. The molecule has 1 fully saturated rings. The average molecular weight is 360 g/mol. The van der Waals surface area contributed by atoms with Gasteiger partial charge in [-0.25, -0.2) is 15.0 Å². The first-order valence-corrected chi connectivity index (χ1v) is 10.0. The molecule has 0 amide bonds. The van der Waals surface area contributed by atoms with Crippen LogP contribution >= 0.6 is 22.7 Å². The van der Waals surface area contributed by atoms with Crippen molar-refractivity contribution in [2.75, 3.05) is 31.1 Å². The van der Waals surface area contributed by atoms with Crippen LogP contribution in [-0.2, 0) is 13.0 Å². The van der Waals surface area contributed by atoms with Gasteiger partial charge in [-0.2, -0.15) is 0 Å². The van der Waals surface area contributed by atoms with E-state index in [0.29, 0.717) is 0 Å². The maximum absolute atomic E-state index is 4.58. The lowest BCUT2D eigenvalue weighted by molar-refractivity contribution is 0.247. The monoisotopic (exact) mass is 359 g/mol. The number of aromatic nitrogens is 3. The summed E-state index contributed by atoms with van der Waals surface area (Å²) in [6.07, 6.45) is 2.76. The highest BCUT2D eigenvalue weighted by Crippen LogP contribution is 2.31. The first-order chi connectivity index (χ1) is 11.7. The van der Waals surface area contributed by atoms with Crippen molar-refractivity contribution >= 4 is 38.7 Å². The van der Waals surface area contributed by atoms with Gasteiger partial charge in [-0.05, 0) is 19.4 Å². The van der Waals surface area contributed by atoms with Gasteiger partial charge in [0.15, 0.2) is 0 Å². The molecule has 0 bridgehead atoms. The number of thiophene rings is 1. The summed E-state index contributed by atoms with van der Waals surface area (Å²) in [7, 11) is 0. The highest BCUT2D eigenvalue weighted by Gasteiger charge is 2.21. The largest absolute Gasteiger partial charge is 0.353 e. The maximum atomic E-state index is 4.58. The normalized spacial score (nSPS) is 16.2. The Morgan fingerprint density at radius 2 is 2.00 bits per heavy atom. The van der Waals surface area contributed by atoms with Gasteiger partial charge in [0.1, 0.15) is 17.0 Å². The van der Waals surface area contributed by atoms with Crippen molar-refractivity contribution in [3.8, 4) is 0 Å². The Labute approximate surface area is 150 Å². The fourth-order valence-electron chi connectivity index (χ4n) is 3.15. The van der Waals surface area contributed by atoms with Gasteiger partial charge in [-0.15, -0.1) is 22.7 Å². The summed E-state index contributed by atoms with van der Waals surface area (Å²) in [6.45, 7) is 9.32. The van der Waals surface area contributed by atoms with Crippen LogP contribution in [0.25, 0.3) is 10.2 Å². The van der Waals surface area contributed by atoms with Crippen LogP contribution < -0.4 is 4.90 Å². The minimum atomic E-state index is 0.954. The third kappa shape index (κ3) is 3.16. The van der Waals surface area contributed by atoms with Gasteiger partial charge in [0.2, 0.25) is 0 Å². The highest BCUT2D eigenvalue weighted by atomic mass is 32.1. The van der Waals surface area contributed by atoms with Gasteiger partial charge < -0.3 is 4.90 Å². The zero-order chi connectivity index (χ0) is 16.5. The second-order valence-electron chi connectivity index (χ2n) is 6.10. The fourth-order valence-corrected chi connectivity index (χ4v) is 4.68. The zero-order valence-electron chi connectivity index (χ0n) is 14.0. The predicted molar refractivity (Wildman–Crippen MR) is 101 cm³/mol. The second kappa shape index (κ2) is 6.74. The van der Waals surface area contributed by atoms with Crippen molar-refractivity contribution in [1.82, 2.24) is 19.9 Å².